The van der Waals surface area contributed by atoms with Gasteiger partial charge < -0.3 is 4.85 Å². The van der Waals surface area contributed by atoms with Gasteiger partial charge in [-0.05, 0) is 43.0 Å². The standard InChI is InChI=1S/C19H25F3N2/c1-17(2,3)18(14-23-4)8-10-24(11-9-18)13-15-6-5-7-16(12-15)19(20,21)22/h5-7,12H,8-11,13-14H2,1-3H3. The van der Waals surface area contributed by atoms with Crippen LogP contribution in [0.15, 0.2) is 24.3 Å². The van der Waals surface area contributed by atoms with Crippen LogP contribution in [0.4, 0.5) is 13.2 Å². The summed E-state index contributed by atoms with van der Waals surface area (Å²) in [6.07, 6.45) is -2.47. The van der Waals surface area contributed by atoms with Crippen LogP contribution in [0.25, 0.3) is 4.85 Å². The minimum absolute atomic E-state index is 0.000925. The molecule has 1 fully saturated rings. The highest BCUT2D eigenvalue weighted by Crippen LogP contribution is 2.47. The van der Waals surface area contributed by atoms with Crippen molar-refractivity contribution < 1.29 is 13.2 Å². The van der Waals surface area contributed by atoms with E-state index in [2.05, 4.69) is 30.5 Å². The minimum Gasteiger partial charge on any atom is -0.316 e. The van der Waals surface area contributed by atoms with E-state index in [0.717, 1.165) is 32.0 Å². The molecule has 1 aromatic rings. The molecule has 24 heavy (non-hydrogen) atoms. The summed E-state index contributed by atoms with van der Waals surface area (Å²) in [6.45, 7) is 16.5. The lowest BCUT2D eigenvalue weighted by Crippen LogP contribution is -2.47. The lowest BCUT2D eigenvalue weighted by atomic mass is 9.61. The van der Waals surface area contributed by atoms with Gasteiger partial charge in [0.05, 0.1) is 5.56 Å². The maximum absolute atomic E-state index is 12.8. The fraction of sp³-hybridized carbons (Fsp3) is 0.632. The second-order valence-corrected chi connectivity index (χ2v) is 7.82. The molecule has 5 heteroatoms. The zero-order valence-corrected chi connectivity index (χ0v) is 14.6. The number of nitrogens with zero attached hydrogens (tertiary/aromatic N) is 2. The first-order valence-corrected chi connectivity index (χ1v) is 8.29. The normalized spacial score (nSPS) is 19.0. The number of hydrogen-bond donors (Lipinski definition) is 0. The molecule has 0 aliphatic carbocycles. The van der Waals surface area contributed by atoms with Crippen molar-refractivity contribution >= 4 is 0 Å². The third-order valence-electron chi connectivity index (χ3n) is 5.45. The van der Waals surface area contributed by atoms with E-state index in [9.17, 15) is 13.2 Å². The smallest absolute Gasteiger partial charge is 0.316 e. The number of piperidine rings is 1. The first kappa shape index (κ1) is 18.8. The highest BCUT2D eigenvalue weighted by Gasteiger charge is 2.46. The van der Waals surface area contributed by atoms with E-state index in [1.807, 2.05) is 0 Å². The van der Waals surface area contributed by atoms with Crippen molar-refractivity contribution in [1.29, 1.82) is 0 Å². The van der Waals surface area contributed by atoms with Crippen LogP contribution in [0, 0.1) is 17.4 Å². The Morgan fingerprint density at radius 1 is 1.17 bits per heavy atom. The molecular weight excluding hydrogens is 313 g/mol. The summed E-state index contributed by atoms with van der Waals surface area (Å²) in [5, 5.41) is 0. The molecule has 0 radical (unpaired) electrons. The number of rotatable bonds is 3. The van der Waals surface area contributed by atoms with Gasteiger partial charge >= 0.3 is 6.18 Å². The van der Waals surface area contributed by atoms with E-state index >= 15 is 0 Å². The van der Waals surface area contributed by atoms with Gasteiger partial charge in [0.2, 0.25) is 6.54 Å². The topological polar surface area (TPSA) is 7.60 Å². The van der Waals surface area contributed by atoms with Crippen LogP contribution in [-0.4, -0.2) is 24.5 Å². The third kappa shape index (κ3) is 4.10. The molecular formula is C19H25F3N2. The van der Waals surface area contributed by atoms with Crippen molar-refractivity contribution in [3.63, 3.8) is 0 Å². The minimum atomic E-state index is -4.30. The average Bonchev–Trinajstić information content (AvgIpc) is 2.48. The van der Waals surface area contributed by atoms with Crippen LogP contribution >= 0.6 is 0 Å². The molecule has 1 aliphatic rings. The molecule has 0 unspecified atom stereocenters. The van der Waals surface area contributed by atoms with E-state index in [1.54, 1.807) is 6.07 Å². The monoisotopic (exact) mass is 338 g/mol. The van der Waals surface area contributed by atoms with Crippen LogP contribution in [0.2, 0.25) is 0 Å². The van der Waals surface area contributed by atoms with Crippen LogP contribution in [0.3, 0.4) is 0 Å². The van der Waals surface area contributed by atoms with E-state index in [-0.39, 0.29) is 10.8 Å². The summed E-state index contributed by atoms with van der Waals surface area (Å²) in [7, 11) is 0. The van der Waals surface area contributed by atoms with Gasteiger partial charge in [0.15, 0.2) is 0 Å². The molecule has 0 spiro atoms. The summed E-state index contributed by atoms with van der Waals surface area (Å²) in [5.74, 6) is 0. The summed E-state index contributed by atoms with van der Waals surface area (Å²) >= 11 is 0. The van der Waals surface area contributed by atoms with Gasteiger partial charge in [-0.2, -0.15) is 13.2 Å². The fourth-order valence-corrected chi connectivity index (χ4v) is 3.54. The number of alkyl halides is 3. The van der Waals surface area contributed by atoms with Crippen LogP contribution in [0.5, 0.6) is 0 Å². The maximum atomic E-state index is 12.8. The quantitative estimate of drug-likeness (QED) is 0.683. The Bertz CT molecular complexity index is 600. The Balaban J connectivity index is 2.05. The van der Waals surface area contributed by atoms with Crippen molar-refractivity contribution in [2.24, 2.45) is 10.8 Å². The van der Waals surface area contributed by atoms with Gasteiger partial charge in [-0.15, -0.1) is 0 Å². The van der Waals surface area contributed by atoms with Crippen molar-refractivity contribution in [2.75, 3.05) is 19.6 Å². The number of likely N-dealkylation sites (tertiary alicyclic amines) is 1. The van der Waals surface area contributed by atoms with E-state index < -0.39 is 11.7 Å². The summed E-state index contributed by atoms with van der Waals surface area (Å²) in [4.78, 5) is 5.85. The van der Waals surface area contributed by atoms with E-state index in [0.29, 0.717) is 18.7 Å². The van der Waals surface area contributed by atoms with Gasteiger partial charge in [-0.3, -0.25) is 4.90 Å². The largest absolute Gasteiger partial charge is 0.416 e. The van der Waals surface area contributed by atoms with E-state index in [4.69, 9.17) is 6.57 Å². The van der Waals surface area contributed by atoms with Gasteiger partial charge in [-0.25, -0.2) is 6.57 Å². The second-order valence-electron chi connectivity index (χ2n) is 7.82. The summed E-state index contributed by atoms with van der Waals surface area (Å²) in [6, 6.07) is 5.57. The molecule has 0 amide bonds. The Morgan fingerprint density at radius 3 is 2.29 bits per heavy atom. The van der Waals surface area contributed by atoms with Gasteiger partial charge in [-0.1, -0.05) is 39.0 Å². The number of hydrogen-bond acceptors (Lipinski definition) is 1. The molecule has 1 aliphatic heterocycles. The summed E-state index contributed by atoms with van der Waals surface area (Å²) < 4.78 is 38.5. The zero-order chi connectivity index (χ0) is 18.0. The SMILES string of the molecule is [C-]#[N+]CC1(C(C)(C)C)CCN(Cc2cccc(C(F)(F)F)c2)CC1. The first-order valence-electron chi connectivity index (χ1n) is 8.29. The zero-order valence-electron chi connectivity index (χ0n) is 14.6. The molecule has 0 bridgehead atoms. The Morgan fingerprint density at radius 2 is 1.79 bits per heavy atom. The maximum Gasteiger partial charge on any atom is 0.416 e. The highest BCUT2D eigenvalue weighted by atomic mass is 19.4. The third-order valence-corrected chi connectivity index (χ3v) is 5.45. The van der Waals surface area contributed by atoms with Crippen molar-refractivity contribution in [2.45, 2.75) is 46.3 Å². The Labute approximate surface area is 142 Å². The van der Waals surface area contributed by atoms with Gasteiger partial charge in [0.25, 0.3) is 0 Å². The average molecular weight is 338 g/mol. The van der Waals surface area contributed by atoms with Gasteiger partial charge in [0, 0.05) is 12.0 Å². The molecule has 1 aromatic carbocycles. The van der Waals surface area contributed by atoms with E-state index in [1.165, 1.54) is 12.1 Å². The van der Waals surface area contributed by atoms with Gasteiger partial charge in [0.1, 0.15) is 0 Å². The lowest BCUT2D eigenvalue weighted by molar-refractivity contribution is -0.137. The van der Waals surface area contributed by atoms with Crippen molar-refractivity contribution in [1.82, 2.24) is 4.90 Å². The molecule has 132 valence electrons. The first-order chi connectivity index (χ1) is 11.1. The molecule has 2 nitrogen and oxygen atoms in total. The Hall–Kier alpha value is -1.54. The number of halogens is 3. The molecule has 0 saturated carbocycles. The predicted octanol–water partition coefficient (Wildman–Crippen LogP) is 5.25. The molecule has 0 N–H and O–H groups in total. The molecule has 0 aromatic heterocycles. The van der Waals surface area contributed by atoms with Crippen molar-refractivity contribution in [3.8, 4) is 0 Å². The predicted molar refractivity (Wildman–Crippen MR) is 89.3 cm³/mol. The Kier molecular flexibility index (Phi) is 5.29. The molecule has 2 rings (SSSR count). The highest BCUT2D eigenvalue weighted by molar-refractivity contribution is 5.25. The summed E-state index contributed by atoms with van der Waals surface area (Å²) in [5.41, 5.74) is 0.158. The van der Waals surface area contributed by atoms with Crippen LogP contribution in [0.1, 0.15) is 44.7 Å². The van der Waals surface area contributed by atoms with Crippen LogP contribution < -0.4 is 0 Å². The number of benzene rings is 1. The fourth-order valence-electron chi connectivity index (χ4n) is 3.54. The lowest BCUT2D eigenvalue weighted by Gasteiger charge is -2.46. The molecule has 1 heterocycles. The molecule has 0 atom stereocenters. The van der Waals surface area contributed by atoms with Crippen molar-refractivity contribution in [3.05, 3.63) is 46.8 Å². The second kappa shape index (κ2) is 6.76. The van der Waals surface area contributed by atoms with Crippen LogP contribution in [-0.2, 0) is 12.7 Å². The molecule has 1 saturated heterocycles.